The first-order valence-corrected chi connectivity index (χ1v) is 11.4. The molecule has 8 nitrogen and oxygen atoms in total. The summed E-state index contributed by atoms with van der Waals surface area (Å²) in [6.07, 6.45) is 8.11. The molecule has 0 aromatic heterocycles. The summed E-state index contributed by atoms with van der Waals surface area (Å²) >= 11 is 0. The minimum Gasteiger partial charge on any atom is -0.465 e. The third-order valence-corrected chi connectivity index (χ3v) is 5.53. The van der Waals surface area contributed by atoms with Gasteiger partial charge in [-0.15, -0.1) is 5.12 Å². The number of rotatable bonds is 8. The minimum absolute atomic E-state index is 0.165. The third kappa shape index (κ3) is 6.86. The van der Waals surface area contributed by atoms with Crippen molar-refractivity contribution in [3.05, 3.63) is 59.6 Å². The number of nitrogens with one attached hydrogen (secondary N) is 3. The third-order valence-electron chi connectivity index (χ3n) is 5.53. The summed E-state index contributed by atoms with van der Waals surface area (Å²) in [6, 6.07) is 7.37. The fraction of sp³-hybridized carbons (Fsp3) is 0.440. The van der Waals surface area contributed by atoms with Crippen molar-refractivity contribution in [2.24, 2.45) is 11.8 Å². The molecule has 1 heterocycles. The molecule has 8 heteroatoms. The second-order valence-corrected chi connectivity index (χ2v) is 8.96. The Bertz CT molecular complexity index is 949. The fourth-order valence-electron chi connectivity index (χ4n) is 3.81. The molecule has 1 aliphatic carbocycles. The smallest absolute Gasteiger partial charge is 0.323 e. The zero-order valence-corrected chi connectivity index (χ0v) is 20.1. The van der Waals surface area contributed by atoms with Crippen molar-refractivity contribution < 1.29 is 14.3 Å². The van der Waals surface area contributed by atoms with Crippen LogP contribution in [0.2, 0.25) is 0 Å². The van der Waals surface area contributed by atoms with Crippen LogP contribution in [0.25, 0.3) is 0 Å². The number of allylic oxidation sites excluding steroid dienone is 4. The number of amides is 2. The predicted octanol–water partition coefficient (Wildman–Crippen LogP) is 4.67. The number of hydrogen-bond donors (Lipinski definition) is 3. The van der Waals surface area contributed by atoms with Gasteiger partial charge in [0.25, 0.3) is 0 Å². The van der Waals surface area contributed by atoms with Crippen molar-refractivity contribution in [1.82, 2.24) is 15.9 Å². The van der Waals surface area contributed by atoms with E-state index in [9.17, 15) is 9.59 Å². The summed E-state index contributed by atoms with van der Waals surface area (Å²) in [4.78, 5) is 24.2. The van der Waals surface area contributed by atoms with Gasteiger partial charge in [0.15, 0.2) is 0 Å². The fourth-order valence-corrected chi connectivity index (χ4v) is 3.81. The zero-order chi connectivity index (χ0) is 24.0. The van der Waals surface area contributed by atoms with Crippen molar-refractivity contribution in [2.75, 3.05) is 24.0 Å². The quantitative estimate of drug-likeness (QED) is 0.496. The number of urea groups is 1. The van der Waals surface area contributed by atoms with Gasteiger partial charge < -0.3 is 20.8 Å². The lowest BCUT2D eigenvalue weighted by Crippen LogP contribution is -2.39. The van der Waals surface area contributed by atoms with E-state index in [4.69, 9.17) is 4.74 Å². The number of ether oxygens (including phenoxy) is 1. The molecule has 1 atom stereocenters. The van der Waals surface area contributed by atoms with Crippen LogP contribution < -0.4 is 21.1 Å². The molecule has 0 spiro atoms. The molecule has 0 bridgehead atoms. The van der Waals surface area contributed by atoms with Crippen LogP contribution in [0, 0.1) is 11.8 Å². The predicted molar refractivity (Wildman–Crippen MR) is 131 cm³/mol. The first kappa shape index (κ1) is 24.4. The van der Waals surface area contributed by atoms with E-state index in [1.54, 1.807) is 0 Å². The van der Waals surface area contributed by atoms with Crippen LogP contribution in [0.15, 0.2) is 59.6 Å². The summed E-state index contributed by atoms with van der Waals surface area (Å²) in [5.74, 6) is 0.420. The van der Waals surface area contributed by atoms with E-state index in [0.29, 0.717) is 37.0 Å². The molecule has 0 saturated heterocycles. The maximum Gasteiger partial charge on any atom is 0.323 e. The molecule has 3 N–H and O–H groups in total. The Balaban J connectivity index is 1.53. The van der Waals surface area contributed by atoms with Crippen LogP contribution >= 0.6 is 0 Å². The standard InChI is InChI=1S/C25H35N5O3/c1-17(2)15-23(31)33-14-13-21-16-30(29(5)28-21)22-11-9-20(10-12-22)26-25(32)27-24-18(3)7-6-8-19(24)4/h6-7,9-12,16-17,19,28H,8,13-15H2,1-5H3,(H2,26,27,32). The lowest BCUT2D eigenvalue weighted by atomic mass is 9.94. The normalized spacial score (nSPS) is 18.3. The molecule has 2 aliphatic rings. The molecule has 1 aromatic carbocycles. The van der Waals surface area contributed by atoms with E-state index in [1.165, 1.54) is 0 Å². The van der Waals surface area contributed by atoms with Crippen molar-refractivity contribution in [2.45, 2.75) is 47.0 Å². The van der Waals surface area contributed by atoms with Gasteiger partial charge in [-0.3, -0.25) is 9.80 Å². The molecule has 178 valence electrons. The highest BCUT2D eigenvalue weighted by atomic mass is 16.5. The number of hydrogen-bond acceptors (Lipinski definition) is 6. The number of carbonyl (C=O) groups is 2. The van der Waals surface area contributed by atoms with E-state index in [-0.39, 0.29) is 12.0 Å². The molecule has 0 saturated carbocycles. The lowest BCUT2D eigenvalue weighted by molar-refractivity contribution is -0.144. The molecule has 1 aromatic rings. The summed E-state index contributed by atoms with van der Waals surface area (Å²) in [5.41, 5.74) is 7.91. The first-order chi connectivity index (χ1) is 15.7. The number of carbonyl (C=O) groups excluding carboxylic acids is 2. The zero-order valence-electron chi connectivity index (χ0n) is 20.1. The van der Waals surface area contributed by atoms with Crippen LogP contribution in [0.3, 0.4) is 0 Å². The summed E-state index contributed by atoms with van der Waals surface area (Å²) in [7, 11) is 1.91. The topological polar surface area (TPSA) is 85.9 Å². The van der Waals surface area contributed by atoms with Crippen LogP contribution in [0.5, 0.6) is 0 Å². The number of benzene rings is 1. The maximum absolute atomic E-state index is 12.5. The van der Waals surface area contributed by atoms with Crippen molar-refractivity contribution in [3.8, 4) is 0 Å². The summed E-state index contributed by atoms with van der Waals surface area (Å²) in [6.45, 7) is 8.45. The SMILES string of the molecule is CC1=C(NC(=O)Nc2ccc(N3C=C(CCOC(=O)CC(C)C)NN3C)cc2)C(C)CC=C1. The van der Waals surface area contributed by atoms with Gasteiger partial charge in [0.05, 0.1) is 12.3 Å². The number of nitrogens with zero attached hydrogens (tertiary/aromatic N) is 2. The Kier molecular flexibility index (Phi) is 8.16. The number of anilines is 2. The molecular formula is C25H35N5O3. The van der Waals surface area contributed by atoms with Gasteiger partial charge in [-0.1, -0.05) is 32.9 Å². The minimum atomic E-state index is -0.242. The first-order valence-electron chi connectivity index (χ1n) is 11.4. The molecule has 3 rings (SSSR count). The van der Waals surface area contributed by atoms with Gasteiger partial charge in [-0.05, 0) is 49.1 Å². The number of esters is 1. The maximum atomic E-state index is 12.5. The van der Waals surface area contributed by atoms with Crippen molar-refractivity contribution in [3.63, 3.8) is 0 Å². The van der Waals surface area contributed by atoms with E-state index >= 15 is 0 Å². The van der Waals surface area contributed by atoms with Crippen LogP contribution in [-0.4, -0.2) is 30.8 Å². The molecule has 2 amide bonds. The van der Waals surface area contributed by atoms with E-state index in [1.807, 2.05) is 74.5 Å². The average Bonchev–Trinajstić information content (AvgIpc) is 3.11. The highest BCUT2D eigenvalue weighted by molar-refractivity contribution is 5.90. The Morgan fingerprint density at radius 3 is 2.61 bits per heavy atom. The van der Waals surface area contributed by atoms with Gasteiger partial charge in [-0.25, -0.2) is 4.79 Å². The molecule has 0 fully saturated rings. The van der Waals surface area contributed by atoms with Gasteiger partial charge in [-0.2, -0.15) is 0 Å². The molecule has 0 radical (unpaired) electrons. The second-order valence-electron chi connectivity index (χ2n) is 8.96. The van der Waals surface area contributed by atoms with Crippen LogP contribution in [0.4, 0.5) is 16.2 Å². The Hall–Kier alpha value is -3.26. The van der Waals surface area contributed by atoms with E-state index < -0.39 is 0 Å². The van der Waals surface area contributed by atoms with Crippen molar-refractivity contribution >= 4 is 23.4 Å². The van der Waals surface area contributed by atoms with Crippen LogP contribution in [-0.2, 0) is 9.53 Å². The number of hydrazine groups is 2. The lowest BCUT2D eigenvalue weighted by Gasteiger charge is -2.25. The van der Waals surface area contributed by atoms with E-state index in [2.05, 4.69) is 29.1 Å². The molecular weight excluding hydrogens is 418 g/mol. The Labute approximate surface area is 196 Å². The Morgan fingerprint density at radius 1 is 1.21 bits per heavy atom. The van der Waals surface area contributed by atoms with Gasteiger partial charge in [0.1, 0.15) is 0 Å². The second kappa shape index (κ2) is 11.0. The van der Waals surface area contributed by atoms with Crippen LogP contribution in [0.1, 0.15) is 47.0 Å². The molecule has 1 unspecified atom stereocenters. The van der Waals surface area contributed by atoms with Gasteiger partial charge in [0.2, 0.25) is 0 Å². The summed E-state index contributed by atoms with van der Waals surface area (Å²) in [5, 5.41) is 9.70. The highest BCUT2D eigenvalue weighted by Gasteiger charge is 2.20. The van der Waals surface area contributed by atoms with Gasteiger partial charge in [0, 0.05) is 49.1 Å². The van der Waals surface area contributed by atoms with Crippen molar-refractivity contribution in [1.29, 1.82) is 0 Å². The summed E-state index contributed by atoms with van der Waals surface area (Å²) < 4.78 is 5.30. The molecule has 33 heavy (non-hydrogen) atoms. The largest absolute Gasteiger partial charge is 0.465 e. The highest BCUT2D eigenvalue weighted by Crippen LogP contribution is 2.25. The van der Waals surface area contributed by atoms with E-state index in [0.717, 1.165) is 29.1 Å². The van der Waals surface area contributed by atoms with Gasteiger partial charge >= 0.3 is 12.0 Å². The monoisotopic (exact) mass is 453 g/mol. The average molecular weight is 454 g/mol. The Morgan fingerprint density at radius 2 is 1.94 bits per heavy atom. The molecule has 1 aliphatic heterocycles.